The number of benzene rings is 1. The normalized spacial score (nSPS) is 12.4. The minimum absolute atomic E-state index is 0.00665. The number of rotatable bonds is 8. The molecule has 0 fully saturated rings. The molecule has 0 aliphatic rings. The van der Waals surface area contributed by atoms with Gasteiger partial charge in [-0.25, -0.2) is 4.68 Å². The number of aryl methyl sites for hydroxylation is 2. The van der Waals surface area contributed by atoms with E-state index in [0.717, 1.165) is 5.69 Å². The van der Waals surface area contributed by atoms with Gasteiger partial charge in [0.2, 0.25) is 5.91 Å². The third kappa shape index (κ3) is 4.89. The molecule has 1 heterocycles. The minimum atomic E-state index is -0.422. The number of aliphatic hydroxyl groups excluding tert-OH is 1. The fourth-order valence-corrected chi connectivity index (χ4v) is 2.95. The third-order valence-electron chi connectivity index (χ3n) is 4.64. The first kappa shape index (κ1) is 20.1. The van der Waals surface area contributed by atoms with Crippen molar-refractivity contribution in [2.24, 2.45) is 0 Å². The fraction of sp³-hybridized carbons (Fsp3) is 0.526. The van der Waals surface area contributed by atoms with Crippen molar-refractivity contribution in [1.82, 2.24) is 24.8 Å². The summed E-state index contributed by atoms with van der Waals surface area (Å²) in [5.41, 5.74) is 4.33. The number of hydrogen-bond acceptors (Lipinski definition) is 5. The number of likely N-dealkylation sites (N-methyl/N-ethyl adjacent to an activating group) is 2. The van der Waals surface area contributed by atoms with Crippen LogP contribution in [0.5, 0.6) is 0 Å². The van der Waals surface area contributed by atoms with Gasteiger partial charge in [0.05, 0.1) is 18.5 Å². The van der Waals surface area contributed by atoms with Crippen LogP contribution in [0, 0.1) is 13.8 Å². The van der Waals surface area contributed by atoms with Gasteiger partial charge in [0.25, 0.3) is 0 Å². The van der Waals surface area contributed by atoms with Gasteiger partial charge in [0.15, 0.2) is 0 Å². The van der Waals surface area contributed by atoms with Gasteiger partial charge in [-0.1, -0.05) is 23.4 Å². The van der Waals surface area contributed by atoms with Crippen LogP contribution < -0.4 is 0 Å². The van der Waals surface area contributed by atoms with Crippen LogP contribution in [0.1, 0.15) is 35.3 Å². The van der Waals surface area contributed by atoms with Crippen LogP contribution in [-0.4, -0.2) is 63.1 Å². The lowest BCUT2D eigenvalue weighted by atomic mass is 10.0. The van der Waals surface area contributed by atoms with Crippen molar-refractivity contribution >= 4 is 5.91 Å². The summed E-state index contributed by atoms with van der Waals surface area (Å²) >= 11 is 0. The molecule has 1 unspecified atom stereocenters. The molecule has 7 heteroatoms. The smallest absolute Gasteiger partial charge is 0.247 e. The highest BCUT2D eigenvalue weighted by molar-refractivity contribution is 5.79. The number of aliphatic hydroxyl groups is 1. The Labute approximate surface area is 155 Å². The maximum atomic E-state index is 12.8. The Balaban J connectivity index is 2.03. The highest BCUT2D eigenvalue weighted by Crippen LogP contribution is 2.17. The monoisotopic (exact) mass is 359 g/mol. The summed E-state index contributed by atoms with van der Waals surface area (Å²) in [4.78, 5) is 16.5. The lowest BCUT2D eigenvalue weighted by molar-refractivity contribution is -0.133. The van der Waals surface area contributed by atoms with E-state index in [1.165, 1.54) is 16.7 Å². The minimum Gasteiger partial charge on any atom is -0.395 e. The summed E-state index contributed by atoms with van der Waals surface area (Å²) in [6.07, 6.45) is 1.79. The van der Waals surface area contributed by atoms with Gasteiger partial charge in [-0.05, 0) is 44.5 Å². The Morgan fingerprint density at radius 3 is 2.50 bits per heavy atom. The Morgan fingerprint density at radius 2 is 1.88 bits per heavy atom. The van der Waals surface area contributed by atoms with Crippen molar-refractivity contribution in [3.05, 3.63) is 46.8 Å². The first-order valence-corrected chi connectivity index (χ1v) is 8.83. The summed E-state index contributed by atoms with van der Waals surface area (Å²) in [5, 5.41) is 17.2. The van der Waals surface area contributed by atoms with Gasteiger partial charge < -0.3 is 10.0 Å². The van der Waals surface area contributed by atoms with E-state index in [1.54, 1.807) is 15.8 Å². The molecule has 2 rings (SSSR count). The lowest BCUT2D eigenvalue weighted by Gasteiger charge is -2.23. The van der Waals surface area contributed by atoms with Crippen LogP contribution >= 0.6 is 0 Å². The predicted molar refractivity (Wildman–Crippen MR) is 101 cm³/mol. The van der Waals surface area contributed by atoms with E-state index in [-0.39, 0.29) is 12.5 Å². The molecule has 0 aliphatic heterocycles. The summed E-state index contributed by atoms with van der Waals surface area (Å²) in [6, 6.07) is 5.74. The number of carbonyl (C=O) groups is 1. The van der Waals surface area contributed by atoms with Gasteiger partial charge in [0, 0.05) is 26.7 Å². The van der Waals surface area contributed by atoms with E-state index in [1.807, 2.05) is 32.0 Å². The summed E-state index contributed by atoms with van der Waals surface area (Å²) in [6.45, 7) is 7.79. The molecule has 0 spiro atoms. The number of nitrogens with zero attached hydrogens (tertiary/aromatic N) is 5. The van der Waals surface area contributed by atoms with E-state index < -0.39 is 6.04 Å². The number of aromatic nitrogens is 3. The van der Waals surface area contributed by atoms with Crippen molar-refractivity contribution in [3.8, 4) is 0 Å². The SMILES string of the molecule is Cc1cccc(C)c1CN(C)C(=O)C(C)n1cc(CN(C)CCO)nn1. The van der Waals surface area contributed by atoms with E-state index in [2.05, 4.69) is 36.3 Å². The van der Waals surface area contributed by atoms with Crippen molar-refractivity contribution in [1.29, 1.82) is 0 Å². The molecule has 1 aromatic heterocycles. The Morgan fingerprint density at radius 1 is 1.23 bits per heavy atom. The highest BCUT2D eigenvalue weighted by Gasteiger charge is 2.21. The van der Waals surface area contributed by atoms with E-state index in [9.17, 15) is 4.79 Å². The maximum Gasteiger partial charge on any atom is 0.247 e. The second-order valence-electron chi connectivity index (χ2n) is 6.89. The number of amides is 1. The zero-order valence-electron chi connectivity index (χ0n) is 16.3. The molecule has 0 aliphatic carbocycles. The van der Waals surface area contributed by atoms with Crippen molar-refractivity contribution in [3.63, 3.8) is 0 Å². The molecule has 0 bridgehead atoms. The lowest BCUT2D eigenvalue weighted by Crippen LogP contribution is -2.33. The summed E-state index contributed by atoms with van der Waals surface area (Å²) < 4.78 is 1.60. The first-order valence-electron chi connectivity index (χ1n) is 8.83. The van der Waals surface area contributed by atoms with E-state index in [4.69, 9.17) is 5.11 Å². The first-order chi connectivity index (χ1) is 12.3. The fourth-order valence-electron chi connectivity index (χ4n) is 2.95. The van der Waals surface area contributed by atoms with Crippen LogP contribution in [0.15, 0.2) is 24.4 Å². The molecule has 142 valence electrons. The van der Waals surface area contributed by atoms with Crippen LogP contribution in [-0.2, 0) is 17.9 Å². The quantitative estimate of drug-likeness (QED) is 0.774. The van der Waals surface area contributed by atoms with Crippen molar-refractivity contribution in [2.75, 3.05) is 27.2 Å². The summed E-state index contributed by atoms with van der Waals surface area (Å²) in [5.74, 6) is -0.00665. The van der Waals surface area contributed by atoms with Crippen molar-refractivity contribution < 1.29 is 9.90 Å². The summed E-state index contributed by atoms with van der Waals surface area (Å²) in [7, 11) is 3.72. The second kappa shape index (κ2) is 8.91. The molecule has 2 aromatic rings. The molecular formula is C19H29N5O2. The van der Waals surface area contributed by atoms with Gasteiger partial charge >= 0.3 is 0 Å². The zero-order chi connectivity index (χ0) is 19.3. The van der Waals surface area contributed by atoms with Crippen LogP contribution in [0.3, 0.4) is 0 Å². The van der Waals surface area contributed by atoms with Gasteiger partial charge in [-0.2, -0.15) is 0 Å². The van der Waals surface area contributed by atoms with Gasteiger partial charge in [0.1, 0.15) is 6.04 Å². The van der Waals surface area contributed by atoms with Gasteiger partial charge in [-0.15, -0.1) is 5.10 Å². The number of hydrogen-bond donors (Lipinski definition) is 1. The topological polar surface area (TPSA) is 74.5 Å². The molecule has 1 aromatic carbocycles. The van der Waals surface area contributed by atoms with Gasteiger partial charge in [-0.3, -0.25) is 9.69 Å². The molecule has 1 atom stereocenters. The molecule has 1 N–H and O–H groups in total. The predicted octanol–water partition coefficient (Wildman–Crippen LogP) is 1.54. The number of carbonyl (C=O) groups excluding carboxylic acids is 1. The molecule has 0 saturated heterocycles. The molecule has 7 nitrogen and oxygen atoms in total. The largest absolute Gasteiger partial charge is 0.395 e. The Bertz CT molecular complexity index is 723. The zero-order valence-corrected chi connectivity index (χ0v) is 16.3. The van der Waals surface area contributed by atoms with E-state index in [0.29, 0.717) is 19.6 Å². The van der Waals surface area contributed by atoms with Crippen LogP contribution in [0.2, 0.25) is 0 Å². The average molecular weight is 359 g/mol. The standard InChI is InChI=1S/C19H29N5O2/c1-14-7-6-8-15(2)18(14)13-23(5)19(26)16(3)24-12-17(20-21-24)11-22(4)9-10-25/h6-8,12,16,25H,9-11,13H2,1-5H3. The molecule has 0 radical (unpaired) electrons. The molecular weight excluding hydrogens is 330 g/mol. The Hall–Kier alpha value is -2.25. The third-order valence-corrected chi connectivity index (χ3v) is 4.64. The average Bonchev–Trinajstić information content (AvgIpc) is 3.05. The Kier molecular flexibility index (Phi) is 6.88. The van der Waals surface area contributed by atoms with Crippen LogP contribution in [0.25, 0.3) is 0 Å². The molecule has 1 amide bonds. The van der Waals surface area contributed by atoms with Crippen LogP contribution in [0.4, 0.5) is 0 Å². The highest BCUT2D eigenvalue weighted by atomic mass is 16.3. The van der Waals surface area contributed by atoms with E-state index >= 15 is 0 Å². The molecule has 26 heavy (non-hydrogen) atoms. The van der Waals surface area contributed by atoms with Crippen molar-refractivity contribution in [2.45, 2.75) is 39.9 Å². The second-order valence-corrected chi connectivity index (χ2v) is 6.89. The molecule has 0 saturated carbocycles. The maximum absolute atomic E-state index is 12.8.